The third kappa shape index (κ3) is 6.39. The molecule has 0 radical (unpaired) electrons. The van der Waals surface area contributed by atoms with E-state index in [9.17, 15) is 14.7 Å². The second kappa shape index (κ2) is 12.5. The number of anilines is 1. The monoisotopic (exact) mass is 565 g/mol. The molecule has 1 aromatic heterocycles. The third-order valence-corrected chi connectivity index (χ3v) is 7.60. The summed E-state index contributed by atoms with van der Waals surface area (Å²) < 4.78 is 5.85. The number of benzene rings is 2. The zero-order chi connectivity index (χ0) is 28.2. The molecule has 0 atom stereocenters. The first-order valence-corrected chi connectivity index (χ1v) is 14.2. The number of carbonyl (C=O) groups is 2. The van der Waals surface area contributed by atoms with E-state index in [1.807, 2.05) is 43.0 Å². The summed E-state index contributed by atoms with van der Waals surface area (Å²) >= 11 is 6.19. The minimum atomic E-state index is -0.180. The fraction of sp³-hybridized carbons (Fsp3) is 0.433. The van der Waals surface area contributed by atoms with E-state index in [4.69, 9.17) is 21.3 Å². The number of hydrogen-bond acceptors (Lipinski definition) is 7. The number of hydrogen-bond donors (Lipinski definition) is 2. The Kier molecular flexibility index (Phi) is 8.85. The van der Waals surface area contributed by atoms with Crippen molar-refractivity contribution in [2.45, 2.75) is 32.9 Å². The number of aromatic nitrogens is 1. The van der Waals surface area contributed by atoms with Gasteiger partial charge in [-0.15, -0.1) is 0 Å². The highest BCUT2D eigenvalue weighted by Gasteiger charge is 2.30. The van der Waals surface area contributed by atoms with Gasteiger partial charge in [0.05, 0.1) is 36.0 Å². The first kappa shape index (κ1) is 28.3. The van der Waals surface area contributed by atoms with Crippen LogP contribution in [0.4, 0.5) is 5.69 Å². The van der Waals surface area contributed by atoms with Crippen LogP contribution < -0.4 is 10.1 Å². The largest absolute Gasteiger partial charge is 0.489 e. The van der Waals surface area contributed by atoms with Crippen molar-refractivity contribution in [3.05, 3.63) is 64.3 Å². The van der Waals surface area contributed by atoms with Gasteiger partial charge in [-0.2, -0.15) is 0 Å². The van der Waals surface area contributed by atoms with Gasteiger partial charge in [0.1, 0.15) is 5.75 Å². The number of amides is 2. The summed E-state index contributed by atoms with van der Waals surface area (Å²) in [4.78, 5) is 38.2. The van der Waals surface area contributed by atoms with Gasteiger partial charge in [-0.25, -0.2) is 0 Å². The molecular formula is C30H36ClN5O4. The second-order valence-electron chi connectivity index (χ2n) is 10.6. The molecule has 1 saturated heterocycles. The molecule has 40 heavy (non-hydrogen) atoms. The number of pyridine rings is 1. The number of aliphatic hydroxyl groups is 1. The second-order valence-corrected chi connectivity index (χ2v) is 11.0. The van der Waals surface area contributed by atoms with E-state index in [0.29, 0.717) is 61.2 Å². The molecule has 0 bridgehead atoms. The Hall–Kier alpha value is -3.24. The van der Waals surface area contributed by atoms with Crippen molar-refractivity contribution in [1.29, 1.82) is 0 Å². The maximum absolute atomic E-state index is 14.0. The lowest BCUT2D eigenvalue weighted by Crippen LogP contribution is -2.49. The molecule has 2 amide bonds. The van der Waals surface area contributed by atoms with Gasteiger partial charge in [0.25, 0.3) is 5.91 Å². The molecule has 9 nitrogen and oxygen atoms in total. The van der Waals surface area contributed by atoms with Gasteiger partial charge < -0.3 is 20.1 Å². The van der Waals surface area contributed by atoms with Crippen LogP contribution in [0.5, 0.6) is 5.75 Å². The van der Waals surface area contributed by atoms with Crippen molar-refractivity contribution in [2.24, 2.45) is 0 Å². The zero-order valence-corrected chi connectivity index (χ0v) is 23.8. The van der Waals surface area contributed by atoms with E-state index in [1.165, 1.54) is 0 Å². The van der Waals surface area contributed by atoms with Gasteiger partial charge in [0, 0.05) is 73.9 Å². The lowest BCUT2D eigenvalue weighted by atomic mass is 9.94. The summed E-state index contributed by atoms with van der Waals surface area (Å²) in [6.45, 7) is 8.54. The summed E-state index contributed by atoms with van der Waals surface area (Å²) in [6, 6.07) is 13.0. The van der Waals surface area contributed by atoms with Crippen LogP contribution in [0.25, 0.3) is 10.9 Å². The Morgan fingerprint density at radius 2 is 1.85 bits per heavy atom. The van der Waals surface area contributed by atoms with Gasteiger partial charge in [-0.3, -0.25) is 24.4 Å². The predicted molar refractivity (Wildman–Crippen MR) is 156 cm³/mol. The highest BCUT2D eigenvalue weighted by molar-refractivity contribution is 6.31. The molecule has 2 aromatic carbocycles. The fourth-order valence-corrected chi connectivity index (χ4v) is 5.62. The number of fused-ring (bicyclic) bond motifs is 2. The van der Waals surface area contributed by atoms with Crippen molar-refractivity contribution in [1.82, 2.24) is 19.7 Å². The number of rotatable bonds is 8. The maximum atomic E-state index is 14.0. The molecule has 212 valence electrons. The molecule has 1 fully saturated rings. The molecule has 10 heteroatoms. The molecule has 0 unspecified atom stereocenters. The van der Waals surface area contributed by atoms with Crippen LogP contribution in [-0.2, 0) is 17.8 Å². The van der Waals surface area contributed by atoms with Crippen LogP contribution >= 0.6 is 11.6 Å². The van der Waals surface area contributed by atoms with Crippen LogP contribution in [0.2, 0.25) is 5.02 Å². The Morgan fingerprint density at radius 3 is 2.60 bits per heavy atom. The van der Waals surface area contributed by atoms with Crippen molar-refractivity contribution in [3.63, 3.8) is 0 Å². The number of nitrogens with one attached hydrogen (secondary N) is 1. The Morgan fingerprint density at radius 1 is 1.07 bits per heavy atom. The first-order valence-electron chi connectivity index (χ1n) is 13.8. The minimum Gasteiger partial charge on any atom is -0.489 e. The topological polar surface area (TPSA) is 98.2 Å². The zero-order valence-electron chi connectivity index (χ0n) is 23.0. The summed E-state index contributed by atoms with van der Waals surface area (Å²) in [5.41, 5.74) is 3.84. The third-order valence-electron chi connectivity index (χ3n) is 7.36. The molecule has 3 aromatic rings. The average Bonchev–Trinajstić information content (AvgIpc) is 2.93. The highest BCUT2D eigenvalue weighted by atomic mass is 35.5. The highest BCUT2D eigenvalue weighted by Crippen LogP contribution is 2.31. The van der Waals surface area contributed by atoms with E-state index in [1.54, 1.807) is 18.2 Å². The summed E-state index contributed by atoms with van der Waals surface area (Å²) in [5.74, 6) is 0.388. The van der Waals surface area contributed by atoms with Crippen molar-refractivity contribution < 1.29 is 19.4 Å². The predicted octanol–water partition coefficient (Wildman–Crippen LogP) is 3.42. The number of ether oxygens (including phenoxy) is 1. The van der Waals surface area contributed by atoms with E-state index in [2.05, 4.69) is 15.1 Å². The van der Waals surface area contributed by atoms with E-state index >= 15 is 0 Å². The minimum absolute atomic E-state index is 0.000738. The van der Waals surface area contributed by atoms with E-state index in [-0.39, 0.29) is 31.1 Å². The molecular weight excluding hydrogens is 530 g/mol. The molecule has 0 aliphatic carbocycles. The molecule has 2 aliphatic heterocycles. The van der Waals surface area contributed by atoms with Crippen LogP contribution in [0, 0.1) is 0 Å². The quantitative estimate of drug-likeness (QED) is 0.432. The van der Waals surface area contributed by atoms with Gasteiger partial charge >= 0.3 is 0 Å². The first-order chi connectivity index (χ1) is 19.3. The normalized spacial score (nSPS) is 16.3. The molecule has 5 rings (SSSR count). The van der Waals surface area contributed by atoms with Crippen molar-refractivity contribution in [3.8, 4) is 5.75 Å². The van der Waals surface area contributed by atoms with Crippen LogP contribution in [0.15, 0.2) is 42.5 Å². The number of aliphatic hydroxyl groups excluding tert-OH is 1. The van der Waals surface area contributed by atoms with Crippen LogP contribution in [-0.4, -0.2) is 95.1 Å². The summed E-state index contributed by atoms with van der Waals surface area (Å²) in [5, 5.41) is 13.6. The molecule has 0 saturated carbocycles. The Labute approximate surface area is 239 Å². The van der Waals surface area contributed by atoms with Gasteiger partial charge in [0.2, 0.25) is 5.91 Å². The van der Waals surface area contributed by atoms with E-state index in [0.717, 1.165) is 35.2 Å². The molecule has 0 spiro atoms. The number of β-amino-alcohol motifs (C(OH)–C–C–N with tert-alkyl or cyclic N) is 1. The number of piperazine rings is 1. The maximum Gasteiger partial charge on any atom is 0.255 e. The number of halogens is 1. The van der Waals surface area contributed by atoms with Gasteiger partial charge in [-0.05, 0) is 38.1 Å². The van der Waals surface area contributed by atoms with Gasteiger partial charge in [-0.1, -0.05) is 29.8 Å². The number of nitrogens with zero attached hydrogens (tertiary/aromatic N) is 4. The lowest BCUT2D eigenvalue weighted by Gasteiger charge is -2.36. The van der Waals surface area contributed by atoms with E-state index < -0.39 is 0 Å². The SMILES string of the molecule is CC(C)Oc1ccc(Cl)cc1NC(=O)CN1CCc2nc3ccccc3c(C(=O)N3CCN(CCO)CC3)c2C1. The van der Waals surface area contributed by atoms with Gasteiger partial charge in [0.15, 0.2) is 0 Å². The Balaban J connectivity index is 1.36. The standard InChI is InChI=1S/C30H36ClN5O4/c1-20(2)40-27-8-7-21(31)17-26(27)33-28(38)19-35-10-9-25-23(18-35)29(22-5-3-4-6-24(22)32-25)30(39)36-13-11-34(12-14-36)15-16-37/h3-8,17,20,37H,9-16,18-19H2,1-2H3,(H,33,38). The van der Waals surface area contributed by atoms with Crippen LogP contribution in [0.1, 0.15) is 35.5 Å². The fourth-order valence-electron chi connectivity index (χ4n) is 5.45. The average molecular weight is 566 g/mol. The van der Waals surface area contributed by atoms with Crippen molar-refractivity contribution >= 4 is 40.0 Å². The summed E-state index contributed by atoms with van der Waals surface area (Å²) in [6.07, 6.45) is 0.600. The van der Waals surface area contributed by atoms with Crippen LogP contribution in [0.3, 0.4) is 0 Å². The summed E-state index contributed by atoms with van der Waals surface area (Å²) in [7, 11) is 0. The number of para-hydroxylation sites is 1. The van der Waals surface area contributed by atoms with Crippen molar-refractivity contribution in [2.75, 3.05) is 57.7 Å². The molecule has 3 heterocycles. The lowest BCUT2D eigenvalue weighted by molar-refractivity contribution is -0.117. The molecule has 2 aliphatic rings. The number of carbonyl (C=O) groups excluding carboxylic acids is 2. The Bertz CT molecular complexity index is 1390. The molecule has 2 N–H and O–H groups in total. The smallest absolute Gasteiger partial charge is 0.255 e.